The van der Waals surface area contributed by atoms with Crippen molar-refractivity contribution in [3.05, 3.63) is 28.7 Å². The van der Waals surface area contributed by atoms with Crippen LogP contribution < -0.4 is 10.5 Å². The van der Waals surface area contributed by atoms with Crippen molar-refractivity contribution in [2.45, 2.75) is 31.9 Å². The highest BCUT2D eigenvalue weighted by molar-refractivity contribution is 9.10. The summed E-state index contributed by atoms with van der Waals surface area (Å²) < 4.78 is 6.64. The van der Waals surface area contributed by atoms with Crippen molar-refractivity contribution < 1.29 is 9.53 Å². The molecule has 0 aliphatic carbocycles. The minimum absolute atomic E-state index is 0.0212. The second-order valence-corrected chi connectivity index (χ2v) is 5.70. The van der Waals surface area contributed by atoms with Gasteiger partial charge in [0.05, 0.1) is 0 Å². The fourth-order valence-corrected chi connectivity index (χ4v) is 2.78. The van der Waals surface area contributed by atoms with Crippen LogP contribution in [0, 0.1) is 0 Å². The topological polar surface area (TPSA) is 55.6 Å². The maximum absolute atomic E-state index is 12.3. The van der Waals surface area contributed by atoms with Crippen molar-refractivity contribution in [1.29, 1.82) is 0 Å². The van der Waals surface area contributed by atoms with Crippen LogP contribution in [0.5, 0.6) is 5.75 Å². The zero-order valence-corrected chi connectivity index (χ0v) is 12.6. The SMILES string of the molecule is CC(Oc1cccc(Br)c1)C(=O)N1CCCC1CN. The molecule has 5 heteroatoms. The van der Waals surface area contributed by atoms with Crippen LogP contribution in [0.25, 0.3) is 0 Å². The van der Waals surface area contributed by atoms with E-state index >= 15 is 0 Å². The molecule has 2 N–H and O–H groups in total. The molecule has 1 aliphatic rings. The number of nitrogens with two attached hydrogens (primary N) is 1. The highest BCUT2D eigenvalue weighted by Gasteiger charge is 2.31. The lowest BCUT2D eigenvalue weighted by Gasteiger charge is -2.26. The van der Waals surface area contributed by atoms with Crippen molar-refractivity contribution in [1.82, 2.24) is 4.90 Å². The van der Waals surface area contributed by atoms with Crippen LogP contribution in [0.3, 0.4) is 0 Å². The van der Waals surface area contributed by atoms with E-state index in [1.807, 2.05) is 29.2 Å². The van der Waals surface area contributed by atoms with Crippen molar-refractivity contribution in [3.63, 3.8) is 0 Å². The predicted octanol–water partition coefficient (Wildman–Crippen LogP) is 2.17. The van der Waals surface area contributed by atoms with E-state index in [-0.39, 0.29) is 11.9 Å². The maximum Gasteiger partial charge on any atom is 0.263 e. The summed E-state index contributed by atoms with van der Waals surface area (Å²) in [6, 6.07) is 7.67. The third-order valence-corrected chi connectivity index (χ3v) is 3.88. The van der Waals surface area contributed by atoms with Gasteiger partial charge in [-0.2, -0.15) is 0 Å². The number of hydrogen-bond donors (Lipinski definition) is 1. The number of benzene rings is 1. The molecule has 19 heavy (non-hydrogen) atoms. The summed E-state index contributed by atoms with van der Waals surface area (Å²) in [6.45, 7) is 3.09. The van der Waals surface area contributed by atoms with Gasteiger partial charge in [-0.1, -0.05) is 22.0 Å². The number of likely N-dealkylation sites (tertiary alicyclic amines) is 1. The number of rotatable bonds is 4. The van der Waals surface area contributed by atoms with E-state index in [0.717, 1.165) is 23.9 Å². The molecule has 1 amide bonds. The van der Waals surface area contributed by atoms with Gasteiger partial charge < -0.3 is 15.4 Å². The number of ether oxygens (including phenoxy) is 1. The first kappa shape index (κ1) is 14.3. The van der Waals surface area contributed by atoms with Crippen LogP contribution in [0.4, 0.5) is 0 Å². The number of carbonyl (C=O) groups is 1. The van der Waals surface area contributed by atoms with Gasteiger partial charge in [-0.05, 0) is 38.0 Å². The van der Waals surface area contributed by atoms with Crippen molar-refractivity contribution in [3.8, 4) is 5.75 Å². The molecule has 1 aromatic rings. The van der Waals surface area contributed by atoms with Gasteiger partial charge in [0.2, 0.25) is 0 Å². The molecular weight excluding hydrogens is 308 g/mol. The number of halogens is 1. The fraction of sp³-hybridized carbons (Fsp3) is 0.500. The lowest BCUT2D eigenvalue weighted by Crippen LogP contribution is -2.45. The van der Waals surface area contributed by atoms with Gasteiger partial charge in [0.1, 0.15) is 5.75 Å². The minimum Gasteiger partial charge on any atom is -0.481 e. The van der Waals surface area contributed by atoms with Gasteiger partial charge in [-0.15, -0.1) is 0 Å². The molecule has 1 fully saturated rings. The highest BCUT2D eigenvalue weighted by atomic mass is 79.9. The van der Waals surface area contributed by atoms with Crippen LogP contribution in [0.15, 0.2) is 28.7 Å². The molecule has 0 spiro atoms. The van der Waals surface area contributed by atoms with E-state index in [1.165, 1.54) is 0 Å². The summed E-state index contributed by atoms with van der Waals surface area (Å²) in [5, 5.41) is 0. The Morgan fingerprint density at radius 1 is 1.63 bits per heavy atom. The Morgan fingerprint density at radius 2 is 2.42 bits per heavy atom. The number of amides is 1. The van der Waals surface area contributed by atoms with Gasteiger partial charge in [-0.3, -0.25) is 4.79 Å². The Morgan fingerprint density at radius 3 is 3.11 bits per heavy atom. The normalized spacial score (nSPS) is 20.4. The number of nitrogens with zero attached hydrogens (tertiary/aromatic N) is 1. The summed E-state index contributed by atoms with van der Waals surface area (Å²) in [5.74, 6) is 0.714. The van der Waals surface area contributed by atoms with Crippen LogP contribution in [-0.2, 0) is 4.79 Å². The predicted molar refractivity (Wildman–Crippen MR) is 78.0 cm³/mol. The molecule has 1 aliphatic heterocycles. The molecule has 1 saturated heterocycles. The Bertz CT molecular complexity index is 453. The van der Waals surface area contributed by atoms with Gasteiger partial charge in [0, 0.05) is 23.6 Å². The van der Waals surface area contributed by atoms with Crippen molar-refractivity contribution >= 4 is 21.8 Å². The lowest BCUT2D eigenvalue weighted by molar-refractivity contribution is -0.138. The largest absolute Gasteiger partial charge is 0.481 e. The van der Waals surface area contributed by atoms with Crippen molar-refractivity contribution in [2.75, 3.05) is 13.1 Å². The molecule has 1 aromatic carbocycles. The summed E-state index contributed by atoms with van der Waals surface area (Å²) in [5.41, 5.74) is 5.69. The second kappa shape index (κ2) is 6.39. The summed E-state index contributed by atoms with van der Waals surface area (Å²) in [4.78, 5) is 14.2. The summed E-state index contributed by atoms with van der Waals surface area (Å²) in [6.07, 6.45) is 1.53. The first-order valence-corrected chi connectivity index (χ1v) is 7.34. The monoisotopic (exact) mass is 326 g/mol. The number of hydrogen-bond acceptors (Lipinski definition) is 3. The molecule has 0 aromatic heterocycles. The van der Waals surface area contributed by atoms with Gasteiger partial charge in [0.25, 0.3) is 5.91 Å². The second-order valence-electron chi connectivity index (χ2n) is 4.78. The van der Waals surface area contributed by atoms with Gasteiger partial charge >= 0.3 is 0 Å². The molecular formula is C14H19BrN2O2. The smallest absolute Gasteiger partial charge is 0.263 e. The maximum atomic E-state index is 12.3. The first-order valence-electron chi connectivity index (χ1n) is 6.54. The van der Waals surface area contributed by atoms with Gasteiger partial charge in [-0.25, -0.2) is 0 Å². The average Bonchev–Trinajstić information content (AvgIpc) is 2.86. The Balaban J connectivity index is 1.99. The van der Waals surface area contributed by atoms with Gasteiger partial charge in [0.15, 0.2) is 6.10 Å². The van der Waals surface area contributed by atoms with E-state index < -0.39 is 6.10 Å². The molecule has 0 bridgehead atoms. The van der Waals surface area contributed by atoms with Crippen LogP contribution in [0.2, 0.25) is 0 Å². The molecule has 0 saturated carbocycles. The summed E-state index contributed by atoms with van der Waals surface area (Å²) >= 11 is 3.38. The quantitative estimate of drug-likeness (QED) is 0.922. The Hall–Kier alpha value is -1.07. The molecule has 4 nitrogen and oxygen atoms in total. The van der Waals surface area contributed by atoms with Crippen LogP contribution in [-0.4, -0.2) is 36.0 Å². The standard InChI is InChI=1S/C14H19BrN2O2/c1-10(19-13-6-2-4-11(15)8-13)14(18)17-7-3-5-12(17)9-16/h2,4,6,8,10,12H,3,5,7,9,16H2,1H3. The third-order valence-electron chi connectivity index (χ3n) is 3.39. The Kier molecular flexibility index (Phi) is 4.82. The average molecular weight is 327 g/mol. The van der Waals surface area contributed by atoms with E-state index in [0.29, 0.717) is 12.3 Å². The van der Waals surface area contributed by atoms with Crippen LogP contribution in [0.1, 0.15) is 19.8 Å². The molecule has 2 rings (SSSR count). The van der Waals surface area contributed by atoms with E-state index in [1.54, 1.807) is 6.92 Å². The van der Waals surface area contributed by atoms with E-state index in [4.69, 9.17) is 10.5 Å². The third kappa shape index (κ3) is 3.48. The zero-order valence-electron chi connectivity index (χ0n) is 11.0. The van der Waals surface area contributed by atoms with E-state index in [2.05, 4.69) is 15.9 Å². The first-order chi connectivity index (χ1) is 9.11. The molecule has 104 valence electrons. The zero-order chi connectivity index (χ0) is 13.8. The molecule has 0 radical (unpaired) electrons. The molecule has 2 unspecified atom stereocenters. The Labute approximate surface area is 122 Å². The minimum atomic E-state index is -0.485. The van der Waals surface area contributed by atoms with E-state index in [9.17, 15) is 4.79 Å². The fourth-order valence-electron chi connectivity index (χ4n) is 2.40. The lowest BCUT2D eigenvalue weighted by atomic mass is 10.2. The highest BCUT2D eigenvalue weighted by Crippen LogP contribution is 2.21. The van der Waals surface area contributed by atoms with Crippen molar-refractivity contribution in [2.24, 2.45) is 5.73 Å². The van der Waals surface area contributed by atoms with Crippen LogP contribution >= 0.6 is 15.9 Å². The molecule has 2 atom stereocenters. The summed E-state index contributed by atoms with van der Waals surface area (Å²) in [7, 11) is 0. The molecule has 1 heterocycles. The number of carbonyl (C=O) groups excluding carboxylic acids is 1.